The third-order valence-corrected chi connectivity index (χ3v) is 16.4. The molecular weight excluding hydrogens is 983 g/mol. The summed E-state index contributed by atoms with van der Waals surface area (Å²) in [6.45, 7) is 3.78. The van der Waals surface area contributed by atoms with Gasteiger partial charge in [0.2, 0.25) is 5.91 Å². The molecule has 79 heavy (non-hydrogen) atoms. The van der Waals surface area contributed by atoms with E-state index in [0.717, 1.165) is 44.9 Å². The maximum Gasteiger partial charge on any atom is 0.220 e. The predicted octanol–water partition coefficient (Wildman–Crippen LogP) is 18.4. The monoisotopic (exact) mass is 1110 g/mol. The quantitative estimate of drug-likeness (QED) is 0.0261. The van der Waals surface area contributed by atoms with Crippen LogP contribution in [0.2, 0.25) is 0 Å². The Balaban J connectivity index is 2.02. The second-order valence-electron chi connectivity index (χ2n) is 24.0. The van der Waals surface area contributed by atoms with Crippen molar-refractivity contribution in [2.24, 2.45) is 0 Å². The van der Waals surface area contributed by atoms with Gasteiger partial charge in [0.25, 0.3) is 0 Å². The fraction of sp³-hybridized carbons (Fsp3) is 0.871. The first-order valence-corrected chi connectivity index (χ1v) is 34.4. The van der Waals surface area contributed by atoms with Crippen LogP contribution >= 0.6 is 0 Å². The van der Waals surface area contributed by atoms with Crippen molar-refractivity contribution in [2.75, 3.05) is 13.2 Å². The van der Waals surface area contributed by atoms with E-state index in [1.54, 1.807) is 6.08 Å². The molecule has 0 aromatic carbocycles. The normalized spacial score (nSPS) is 18.8. The molecule has 0 aliphatic carbocycles. The zero-order chi connectivity index (χ0) is 57.2. The Morgan fingerprint density at radius 2 is 0.759 bits per heavy atom. The van der Waals surface area contributed by atoms with E-state index < -0.39 is 49.5 Å². The average Bonchev–Trinajstić information content (AvgIpc) is 3.46. The average molecular weight is 1110 g/mol. The Bertz CT molecular complexity index is 1380. The molecule has 0 aromatic heterocycles. The molecule has 1 amide bonds. The summed E-state index contributed by atoms with van der Waals surface area (Å²) in [4.78, 5) is 13.1. The molecule has 0 aromatic rings. The van der Waals surface area contributed by atoms with Crippen LogP contribution in [0.1, 0.15) is 335 Å². The number of allylic oxidation sites excluding steroid dienone is 7. The number of amides is 1. The number of aliphatic hydroxyl groups excluding tert-OH is 5. The molecule has 1 saturated heterocycles. The van der Waals surface area contributed by atoms with Crippen molar-refractivity contribution in [1.82, 2.24) is 5.32 Å². The number of carbonyl (C=O) groups is 1. The summed E-state index contributed by atoms with van der Waals surface area (Å²) < 4.78 is 11.3. The van der Waals surface area contributed by atoms with Crippen molar-refractivity contribution in [3.63, 3.8) is 0 Å². The van der Waals surface area contributed by atoms with Gasteiger partial charge in [-0.15, -0.1) is 0 Å². The van der Waals surface area contributed by atoms with Crippen LogP contribution in [0, 0.1) is 0 Å². The number of carbonyl (C=O) groups excluding carboxylic acids is 1. The fourth-order valence-electron chi connectivity index (χ4n) is 11.0. The number of aliphatic hydroxyl groups is 5. The Hall–Kier alpha value is -1.85. The van der Waals surface area contributed by atoms with Gasteiger partial charge in [0, 0.05) is 6.42 Å². The summed E-state index contributed by atoms with van der Waals surface area (Å²) in [5, 5.41) is 54.5. The molecule has 6 N–H and O–H groups in total. The highest BCUT2D eigenvalue weighted by molar-refractivity contribution is 5.76. The van der Waals surface area contributed by atoms with Crippen molar-refractivity contribution in [1.29, 1.82) is 0 Å². The summed E-state index contributed by atoms with van der Waals surface area (Å²) in [6, 6.07) is -0.820. The lowest BCUT2D eigenvalue weighted by Crippen LogP contribution is -2.60. The number of hydrogen-bond acceptors (Lipinski definition) is 8. The molecule has 9 heteroatoms. The zero-order valence-corrected chi connectivity index (χ0v) is 51.9. The first kappa shape index (κ1) is 75.2. The molecule has 7 atom stereocenters. The van der Waals surface area contributed by atoms with Gasteiger partial charge in [-0.2, -0.15) is 0 Å². The highest BCUT2D eigenvalue weighted by atomic mass is 16.7. The lowest BCUT2D eigenvalue weighted by Gasteiger charge is -2.40. The molecule has 7 unspecified atom stereocenters. The van der Waals surface area contributed by atoms with E-state index >= 15 is 0 Å². The smallest absolute Gasteiger partial charge is 0.220 e. The van der Waals surface area contributed by atoms with Crippen LogP contribution in [0.15, 0.2) is 48.6 Å². The van der Waals surface area contributed by atoms with E-state index in [0.29, 0.717) is 6.42 Å². The SMILES string of the molecule is CCCCCCC/C=C\C/C=C\CCCCCCCCCCCCCCCCCCCCCCCCCCCCCCCC(=O)NC(COC1OC(CO)C(O)C(O)C1O)C(O)/C=C/CC/C=C/CCCCCCCCCCC. The van der Waals surface area contributed by atoms with Crippen LogP contribution in [0.25, 0.3) is 0 Å². The molecule has 1 fully saturated rings. The van der Waals surface area contributed by atoms with E-state index in [9.17, 15) is 30.3 Å². The lowest BCUT2D eigenvalue weighted by atomic mass is 9.99. The van der Waals surface area contributed by atoms with Crippen LogP contribution in [0.5, 0.6) is 0 Å². The molecule has 9 nitrogen and oxygen atoms in total. The largest absolute Gasteiger partial charge is 0.394 e. The minimum atomic E-state index is -1.57. The third kappa shape index (κ3) is 48.3. The Labute approximate surface area is 488 Å². The van der Waals surface area contributed by atoms with Crippen LogP contribution < -0.4 is 5.32 Å². The molecule has 0 radical (unpaired) electrons. The van der Waals surface area contributed by atoms with E-state index in [1.807, 2.05) is 6.08 Å². The van der Waals surface area contributed by atoms with Crippen molar-refractivity contribution < 1.29 is 39.8 Å². The highest BCUT2D eigenvalue weighted by Gasteiger charge is 2.44. The number of rotatable bonds is 60. The minimum Gasteiger partial charge on any atom is -0.394 e. The summed E-state index contributed by atoms with van der Waals surface area (Å²) in [6.07, 6.45) is 73.9. The van der Waals surface area contributed by atoms with Gasteiger partial charge in [0.15, 0.2) is 6.29 Å². The summed E-state index contributed by atoms with van der Waals surface area (Å²) in [7, 11) is 0. The van der Waals surface area contributed by atoms with E-state index in [2.05, 4.69) is 55.6 Å². The minimum absolute atomic E-state index is 0.181. The van der Waals surface area contributed by atoms with Crippen molar-refractivity contribution >= 4 is 5.91 Å². The number of hydrogen-bond donors (Lipinski definition) is 6. The highest BCUT2D eigenvalue weighted by Crippen LogP contribution is 2.23. The summed E-state index contributed by atoms with van der Waals surface area (Å²) in [5.41, 5.74) is 0. The maximum absolute atomic E-state index is 13.1. The van der Waals surface area contributed by atoms with Crippen molar-refractivity contribution in [2.45, 2.75) is 378 Å². The van der Waals surface area contributed by atoms with E-state index in [-0.39, 0.29) is 12.5 Å². The second kappa shape index (κ2) is 59.3. The Kier molecular flexibility index (Phi) is 56.4. The predicted molar refractivity (Wildman–Crippen MR) is 336 cm³/mol. The molecule has 0 bridgehead atoms. The Morgan fingerprint density at radius 3 is 1.14 bits per heavy atom. The number of unbranched alkanes of at least 4 members (excludes halogenated alkanes) is 44. The second-order valence-corrected chi connectivity index (χ2v) is 24.0. The van der Waals surface area contributed by atoms with E-state index in [1.165, 1.54) is 270 Å². The van der Waals surface area contributed by atoms with Gasteiger partial charge in [-0.25, -0.2) is 0 Å². The fourth-order valence-corrected chi connectivity index (χ4v) is 11.0. The molecule has 0 spiro atoms. The lowest BCUT2D eigenvalue weighted by molar-refractivity contribution is -0.302. The van der Waals surface area contributed by atoms with Crippen LogP contribution in [-0.4, -0.2) is 87.5 Å². The number of ether oxygens (including phenoxy) is 2. The van der Waals surface area contributed by atoms with Gasteiger partial charge in [-0.1, -0.05) is 313 Å². The van der Waals surface area contributed by atoms with Crippen molar-refractivity contribution in [3.8, 4) is 0 Å². The van der Waals surface area contributed by atoms with Crippen LogP contribution in [-0.2, 0) is 14.3 Å². The van der Waals surface area contributed by atoms with E-state index in [4.69, 9.17) is 9.47 Å². The molecule has 464 valence electrons. The third-order valence-electron chi connectivity index (χ3n) is 16.4. The molecule has 1 aliphatic rings. The zero-order valence-electron chi connectivity index (χ0n) is 51.9. The van der Waals surface area contributed by atoms with Gasteiger partial charge in [0.05, 0.1) is 25.4 Å². The topological polar surface area (TPSA) is 149 Å². The van der Waals surface area contributed by atoms with Gasteiger partial charge in [0.1, 0.15) is 24.4 Å². The molecule has 1 rings (SSSR count). The van der Waals surface area contributed by atoms with Gasteiger partial charge < -0.3 is 40.3 Å². The van der Waals surface area contributed by atoms with Crippen LogP contribution in [0.3, 0.4) is 0 Å². The molecule has 0 saturated carbocycles. The van der Waals surface area contributed by atoms with Gasteiger partial charge >= 0.3 is 0 Å². The maximum atomic E-state index is 13.1. The van der Waals surface area contributed by atoms with Crippen molar-refractivity contribution in [3.05, 3.63) is 48.6 Å². The first-order chi connectivity index (χ1) is 38.8. The molecule has 1 heterocycles. The first-order valence-electron chi connectivity index (χ1n) is 34.4. The van der Waals surface area contributed by atoms with Crippen LogP contribution in [0.4, 0.5) is 0 Å². The summed E-state index contributed by atoms with van der Waals surface area (Å²) >= 11 is 0. The number of nitrogens with one attached hydrogen (secondary N) is 1. The Morgan fingerprint density at radius 1 is 0.430 bits per heavy atom. The van der Waals surface area contributed by atoms with Gasteiger partial charge in [-0.3, -0.25) is 4.79 Å². The van der Waals surface area contributed by atoms with Gasteiger partial charge in [-0.05, 0) is 64.2 Å². The molecular formula is C70H131NO8. The molecule has 1 aliphatic heterocycles. The standard InChI is InChI=1S/C70H131NO8/c1-3-5-7-9-11-13-15-17-19-20-21-22-23-24-25-26-27-28-29-30-31-32-33-34-35-36-37-38-39-40-41-42-43-44-46-48-50-52-54-56-58-60-66(74)71-63(62-78-70-69(77)68(76)67(75)65(61-72)79-70)64(73)59-57-55-53-51-49-47-45-18-16-14-12-10-8-6-4-2/h15,17,20-21,49,51,57,59,63-65,67-70,72-73,75-77H,3-14,16,18-19,22-48,50,52-56,58,60-62H2,1-2H3,(H,71,74)/b17-15-,21-20-,51-49+,59-57+. The summed E-state index contributed by atoms with van der Waals surface area (Å²) in [5.74, 6) is -0.181.